The summed E-state index contributed by atoms with van der Waals surface area (Å²) in [5, 5.41) is 3.37. The molecule has 0 saturated carbocycles. The van der Waals surface area contributed by atoms with Gasteiger partial charge in [0, 0.05) is 6.04 Å². The first-order valence-corrected chi connectivity index (χ1v) is 6.07. The summed E-state index contributed by atoms with van der Waals surface area (Å²) >= 11 is 0. The highest BCUT2D eigenvalue weighted by Gasteiger charge is 2.17. The van der Waals surface area contributed by atoms with Gasteiger partial charge in [-0.3, -0.25) is 0 Å². The molecule has 15 heavy (non-hydrogen) atoms. The second kappa shape index (κ2) is 6.32. The first-order chi connectivity index (χ1) is 6.74. The summed E-state index contributed by atoms with van der Waals surface area (Å²) in [5.74, 6) is 0.776. The molecule has 0 aromatic heterocycles. The number of hydrogen-bond acceptors (Lipinski definition) is 1. The van der Waals surface area contributed by atoms with Crippen molar-refractivity contribution < 1.29 is 0 Å². The van der Waals surface area contributed by atoms with E-state index in [4.69, 9.17) is 0 Å². The zero-order valence-corrected chi connectivity index (χ0v) is 11.6. The van der Waals surface area contributed by atoms with E-state index in [0.29, 0.717) is 11.5 Å². The summed E-state index contributed by atoms with van der Waals surface area (Å²) in [6.45, 7) is 13.6. The van der Waals surface area contributed by atoms with Crippen molar-refractivity contribution in [3.63, 3.8) is 0 Å². The number of likely N-dealkylation sites (N-methyl/N-ethyl adjacent to an activating group) is 1. The van der Waals surface area contributed by atoms with Crippen LogP contribution in [0.2, 0.25) is 0 Å². The lowest BCUT2D eigenvalue weighted by atomic mass is 9.83. The van der Waals surface area contributed by atoms with Crippen LogP contribution in [-0.4, -0.2) is 13.1 Å². The van der Waals surface area contributed by atoms with E-state index in [2.05, 4.69) is 52.9 Å². The molecule has 1 nitrogen and oxygen atoms in total. The van der Waals surface area contributed by atoms with Crippen LogP contribution < -0.4 is 5.32 Å². The van der Waals surface area contributed by atoms with E-state index in [1.54, 1.807) is 0 Å². The standard InChI is InChI=1S/C14H29N/c1-11(2)8-13(15-7)9-12(3)10-14(4,5)6/h8,12-13,15H,9-10H2,1-7H3. The number of hydrogen-bond donors (Lipinski definition) is 1. The van der Waals surface area contributed by atoms with E-state index in [1.165, 1.54) is 18.4 Å². The van der Waals surface area contributed by atoms with Crippen molar-refractivity contribution in [2.24, 2.45) is 11.3 Å². The highest BCUT2D eigenvalue weighted by atomic mass is 14.9. The maximum absolute atomic E-state index is 3.37. The molecule has 0 radical (unpaired) electrons. The molecule has 0 aliphatic rings. The number of nitrogens with one attached hydrogen (secondary N) is 1. The van der Waals surface area contributed by atoms with Crippen LogP contribution in [0.3, 0.4) is 0 Å². The van der Waals surface area contributed by atoms with Gasteiger partial charge in [-0.15, -0.1) is 0 Å². The van der Waals surface area contributed by atoms with Crippen molar-refractivity contribution in [1.29, 1.82) is 0 Å². The molecule has 0 aromatic rings. The van der Waals surface area contributed by atoms with Crippen molar-refractivity contribution in [1.82, 2.24) is 5.32 Å². The lowest BCUT2D eigenvalue weighted by Crippen LogP contribution is -2.26. The lowest BCUT2D eigenvalue weighted by molar-refractivity contribution is 0.287. The van der Waals surface area contributed by atoms with Crippen molar-refractivity contribution in [2.45, 2.75) is 60.4 Å². The second-order valence-electron chi connectivity index (χ2n) is 6.24. The van der Waals surface area contributed by atoms with Gasteiger partial charge in [-0.25, -0.2) is 0 Å². The van der Waals surface area contributed by atoms with Gasteiger partial charge >= 0.3 is 0 Å². The van der Waals surface area contributed by atoms with Gasteiger partial charge in [0.25, 0.3) is 0 Å². The fraction of sp³-hybridized carbons (Fsp3) is 0.857. The topological polar surface area (TPSA) is 12.0 Å². The monoisotopic (exact) mass is 211 g/mol. The fourth-order valence-electron chi connectivity index (χ4n) is 2.23. The van der Waals surface area contributed by atoms with E-state index in [9.17, 15) is 0 Å². The molecule has 90 valence electrons. The minimum atomic E-state index is 0.447. The molecule has 0 fully saturated rings. The maximum Gasteiger partial charge on any atom is 0.0252 e. The largest absolute Gasteiger partial charge is 0.314 e. The molecule has 0 spiro atoms. The van der Waals surface area contributed by atoms with Crippen LogP contribution in [0.1, 0.15) is 54.4 Å². The first-order valence-electron chi connectivity index (χ1n) is 6.07. The first kappa shape index (κ1) is 14.7. The summed E-state index contributed by atoms with van der Waals surface area (Å²) < 4.78 is 0. The van der Waals surface area contributed by atoms with Crippen molar-refractivity contribution >= 4 is 0 Å². The molecule has 0 bridgehead atoms. The molecule has 0 aliphatic carbocycles. The summed E-state index contributed by atoms with van der Waals surface area (Å²) in [6, 6.07) is 0.535. The quantitative estimate of drug-likeness (QED) is 0.678. The third kappa shape index (κ3) is 8.68. The minimum absolute atomic E-state index is 0.447. The van der Waals surface area contributed by atoms with Gasteiger partial charge in [0.15, 0.2) is 0 Å². The predicted molar refractivity (Wildman–Crippen MR) is 70.1 cm³/mol. The normalized spacial score (nSPS) is 15.9. The van der Waals surface area contributed by atoms with Crippen LogP contribution in [0.5, 0.6) is 0 Å². The molecular formula is C14H29N. The zero-order valence-electron chi connectivity index (χ0n) is 11.6. The Labute approximate surface area is 96.3 Å². The molecule has 0 amide bonds. The average Bonchev–Trinajstić information content (AvgIpc) is 1.98. The highest BCUT2D eigenvalue weighted by molar-refractivity contribution is 5.01. The Balaban J connectivity index is 4.13. The van der Waals surface area contributed by atoms with E-state index < -0.39 is 0 Å². The van der Waals surface area contributed by atoms with E-state index in [1.807, 2.05) is 7.05 Å². The molecule has 1 N–H and O–H groups in total. The Hall–Kier alpha value is -0.300. The van der Waals surface area contributed by atoms with Gasteiger partial charge in [-0.05, 0) is 45.1 Å². The summed E-state index contributed by atoms with van der Waals surface area (Å²) in [6.07, 6.45) is 4.86. The Morgan fingerprint density at radius 1 is 1.27 bits per heavy atom. The second-order valence-corrected chi connectivity index (χ2v) is 6.24. The molecule has 2 atom stereocenters. The molecule has 0 aromatic carbocycles. The highest BCUT2D eigenvalue weighted by Crippen LogP contribution is 2.26. The molecule has 0 aliphatic heterocycles. The molecule has 2 unspecified atom stereocenters. The third-order valence-corrected chi connectivity index (χ3v) is 2.52. The summed E-state index contributed by atoms with van der Waals surface area (Å²) in [7, 11) is 2.05. The smallest absolute Gasteiger partial charge is 0.0252 e. The van der Waals surface area contributed by atoms with E-state index in [0.717, 1.165) is 5.92 Å². The van der Waals surface area contributed by atoms with Crippen molar-refractivity contribution in [3.8, 4) is 0 Å². The summed E-state index contributed by atoms with van der Waals surface area (Å²) in [5.41, 5.74) is 1.85. The summed E-state index contributed by atoms with van der Waals surface area (Å²) in [4.78, 5) is 0. The van der Waals surface area contributed by atoms with Crippen LogP contribution in [-0.2, 0) is 0 Å². The molecule has 0 heterocycles. The fourth-order valence-corrected chi connectivity index (χ4v) is 2.23. The number of allylic oxidation sites excluding steroid dienone is 1. The average molecular weight is 211 g/mol. The van der Waals surface area contributed by atoms with Gasteiger partial charge in [-0.2, -0.15) is 0 Å². The van der Waals surface area contributed by atoms with Crippen LogP contribution >= 0.6 is 0 Å². The Kier molecular flexibility index (Phi) is 6.19. The molecule has 0 saturated heterocycles. The maximum atomic E-state index is 3.37. The van der Waals surface area contributed by atoms with Crippen LogP contribution in [0.15, 0.2) is 11.6 Å². The van der Waals surface area contributed by atoms with Crippen LogP contribution in [0.25, 0.3) is 0 Å². The Morgan fingerprint density at radius 2 is 1.80 bits per heavy atom. The number of rotatable bonds is 5. The van der Waals surface area contributed by atoms with Crippen LogP contribution in [0.4, 0.5) is 0 Å². The van der Waals surface area contributed by atoms with Gasteiger partial charge in [0.05, 0.1) is 0 Å². The van der Waals surface area contributed by atoms with E-state index >= 15 is 0 Å². The minimum Gasteiger partial charge on any atom is -0.314 e. The van der Waals surface area contributed by atoms with Gasteiger partial charge in [0.2, 0.25) is 0 Å². The van der Waals surface area contributed by atoms with Crippen molar-refractivity contribution in [3.05, 3.63) is 11.6 Å². The Morgan fingerprint density at radius 3 is 2.13 bits per heavy atom. The SMILES string of the molecule is CNC(C=C(C)C)CC(C)CC(C)(C)C. The molecular weight excluding hydrogens is 182 g/mol. The Bertz CT molecular complexity index is 194. The predicted octanol–water partition coefficient (Wildman–Crippen LogP) is 4.00. The molecule has 1 heteroatoms. The van der Waals surface area contributed by atoms with Gasteiger partial charge in [0.1, 0.15) is 0 Å². The lowest BCUT2D eigenvalue weighted by Gasteiger charge is -2.25. The van der Waals surface area contributed by atoms with Gasteiger partial charge < -0.3 is 5.32 Å². The van der Waals surface area contributed by atoms with Gasteiger partial charge in [-0.1, -0.05) is 39.3 Å². The zero-order chi connectivity index (χ0) is 12.1. The molecule has 0 rings (SSSR count). The van der Waals surface area contributed by atoms with Crippen LogP contribution in [0, 0.1) is 11.3 Å². The third-order valence-electron chi connectivity index (χ3n) is 2.52. The van der Waals surface area contributed by atoms with Crippen molar-refractivity contribution in [2.75, 3.05) is 7.05 Å². The van der Waals surface area contributed by atoms with E-state index in [-0.39, 0.29) is 0 Å².